The zero-order valence-corrected chi connectivity index (χ0v) is 11.2. The predicted molar refractivity (Wildman–Crippen MR) is 73.7 cm³/mol. The largest absolute Gasteiger partial charge is 0.370 e. The second kappa shape index (κ2) is 5.02. The summed E-state index contributed by atoms with van der Waals surface area (Å²) >= 11 is 0. The Morgan fingerprint density at radius 2 is 1.83 bits per heavy atom. The topological polar surface area (TPSA) is 21.3 Å². The fourth-order valence-corrected chi connectivity index (χ4v) is 3.22. The molecule has 2 heteroatoms. The lowest BCUT2D eigenvalue weighted by Crippen LogP contribution is -2.55. The lowest BCUT2D eigenvalue weighted by molar-refractivity contribution is -0.0466. The van der Waals surface area contributed by atoms with Gasteiger partial charge in [0.05, 0.1) is 12.7 Å². The van der Waals surface area contributed by atoms with Crippen LogP contribution in [0.3, 0.4) is 0 Å². The zero-order valence-electron chi connectivity index (χ0n) is 11.2. The van der Waals surface area contributed by atoms with Gasteiger partial charge >= 0.3 is 0 Å². The van der Waals surface area contributed by atoms with Crippen LogP contribution in [0, 0.1) is 6.92 Å². The first kappa shape index (κ1) is 12.2. The van der Waals surface area contributed by atoms with E-state index >= 15 is 0 Å². The monoisotopic (exact) mass is 245 g/mol. The molecule has 2 aliphatic rings. The van der Waals surface area contributed by atoms with E-state index in [4.69, 9.17) is 4.74 Å². The minimum absolute atomic E-state index is 0.234. The van der Waals surface area contributed by atoms with Crippen molar-refractivity contribution in [2.75, 3.05) is 13.2 Å². The summed E-state index contributed by atoms with van der Waals surface area (Å²) in [6, 6.07) is 8.73. The van der Waals surface area contributed by atoms with Gasteiger partial charge in [0.1, 0.15) is 0 Å². The molecule has 0 bridgehead atoms. The molecule has 2 fully saturated rings. The van der Waals surface area contributed by atoms with Gasteiger partial charge in [-0.2, -0.15) is 0 Å². The SMILES string of the molecule is Cc1ccc(C2CNC3(CCCCC3)CO2)cc1. The van der Waals surface area contributed by atoms with Gasteiger partial charge in [-0.05, 0) is 25.3 Å². The molecule has 0 aromatic heterocycles. The van der Waals surface area contributed by atoms with Gasteiger partial charge in [-0.3, -0.25) is 0 Å². The number of aryl methyl sites for hydroxylation is 1. The van der Waals surface area contributed by atoms with Crippen molar-refractivity contribution in [2.24, 2.45) is 0 Å². The second-order valence-electron chi connectivity index (χ2n) is 5.93. The first-order valence-corrected chi connectivity index (χ1v) is 7.21. The third-order valence-corrected chi connectivity index (χ3v) is 4.48. The summed E-state index contributed by atoms with van der Waals surface area (Å²) in [6.07, 6.45) is 6.90. The summed E-state index contributed by atoms with van der Waals surface area (Å²) in [5.41, 5.74) is 2.91. The Hall–Kier alpha value is -0.860. The van der Waals surface area contributed by atoms with Crippen LogP contribution < -0.4 is 5.32 Å². The summed E-state index contributed by atoms with van der Waals surface area (Å²) in [7, 11) is 0. The molecule has 1 saturated heterocycles. The normalized spacial score (nSPS) is 27.3. The Morgan fingerprint density at radius 1 is 1.11 bits per heavy atom. The van der Waals surface area contributed by atoms with Crippen LogP contribution in [-0.4, -0.2) is 18.7 Å². The Labute approximate surface area is 110 Å². The van der Waals surface area contributed by atoms with Crippen LogP contribution in [0.4, 0.5) is 0 Å². The second-order valence-corrected chi connectivity index (χ2v) is 5.93. The molecule has 1 aromatic rings. The van der Waals surface area contributed by atoms with E-state index in [1.807, 2.05) is 0 Å². The molecular formula is C16H23NO. The number of hydrogen-bond donors (Lipinski definition) is 1. The average molecular weight is 245 g/mol. The van der Waals surface area contributed by atoms with Crippen molar-refractivity contribution in [3.8, 4) is 0 Å². The molecule has 1 aliphatic heterocycles. The fraction of sp³-hybridized carbons (Fsp3) is 0.625. The van der Waals surface area contributed by atoms with Crippen molar-refractivity contribution in [3.63, 3.8) is 0 Å². The third-order valence-electron chi connectivity index (χ3n) is 4.48. The van der Waals surface area contributed by atoms with Gasteiger partial charge in [-0.25, -0.2) is 0 Å². The number of ether oxygens (including phenoxy) is 1. The van der Waals surface area contributed by atoms with Crippen LogP contribution in [0.1, 0.15) is 49.3 Å². The summed E-state index contributed by atoms with van der Waals surface area (Å²) < 4.78 is 6.13. The number of rotatable bonds is 1. The van der Waals surface area contributed by atoms with Crippen LogP contribution in [0.5, 0.6) is 0 Å². The summed E-state index contributed by atoms with van der Waals surface area (Å²) in [5.74, 6) is 0. The van der Waals surface area contributed by atoms with Crippen LogP contribution in [-0.2, 0) is 4.74 Å². The first-order valence-electron chi connectivity index (χ1n) is 7.21. The number of hydrogen-bond acceptors (Lipinski definition) is 2. The summed E-state index contributed by atoms with van der Waals surface area (Å²) in [4.78, 5) is 0. The van der Waals surface area contributed by atoms with Gasteiger partial charge in [0.25, 0.3) is 0 Å². The van der Waals surface area contributed by atoms with E-state index in [-0.39, 0.29) is 6.10 Å². The predicted octanol–water partition coefficient (Wildman–Crippen LogP) is 3.36. The molecule has 98 valence electrons. The van der Waals surface area contributed by atoms with E-state index < -0.39 is 0 Å². The lowest BCUT2D eigenvalue weighted by Gasteiger charge is -2.43. The standard InChI is InChI=1S/C16H23NO/c1-13-5-7-14(8-6-13)15-11-17-16(12-18-15)9-3-2-4-10-16/h5-8,15,17H,2-4,9-12H2,1H3. The minimum Gasteiger partial charge on any atom is -0.370 e. The molecule has 1 heterocycles. The highest BCUT2D eigenvalue weighted by atomic mass is 16.5. The molecule has 1 spiro atoms. The highest BCUT2D eigenvalue weighted by Crippen LogP contribution is 2.33. The molecule has 2 nitrogen and oxygen atoms in total. The van der Waals surface area contributed by atoms with Crippen molar-refractivity contribution in [3.05, 3.63) is 35.4 Å². The minimum atomic E-state index is 0.234. The molecule has 1 atom stereocenters. The van der Waals surface area contributed by atoms with Gasteiger partial charge < -0.3 is 10.1 Å². The molecule has 1 N–H and O–H groups in total. The highest BCUT2D eigenvalue weighted by molar-refractivity contribution is 5.24. The average Bonchev–Trinajstić information content (AvgIpc) is 2.42. The maximum Gasteiger partial charge on any atom is 0.0950 e. The Balaban J connectivity index is 1.64. The smallest absolute Gasteiger partial charge is 0.0950 e. The Kier molecular flexibility index (Phi) is 3.40. The summed E-state index contributed by atoms with van der Waals surface area (Å²) in [6.45, 7) is 3.97. The molecule has 0 amide bonds. The van der Waals surface area contributed by atoms with Crippen LogP contribution in [0.2, 0.25) is 0 Å². The van der Waals surface area contributed by atoms with E-state index in [0.29, 0.717) is 5.54 Å². The molecule has 1 aliphatic carbocycles. The number of nitrogens with one attached hydrogen (secondary N) is 1. The van der Waals surface area contributed by atoms with Crippen molar-refractivity contribution in [2.45, 2.75) is 50.7 Å². The van der Waals surface area contributed by atoms with Gasteiger partial charge in [-0.15, -0.1) is 0 Å². The molecule has 0 radical (unpaired) electrons. The van der Waals surface area contributed by atoms with Gasteiger partial charge in [0.2, 0.25) is 0 Å². The quantitative estimate of drug-likeness (QED) is 0.819. The molecule has 1 unspecified atom stereocenters. The lowest BCUT2D eigenvalue weighted by atomic mass is 9.81. The van der Waals surface area contributed by atoms with E-state index in [0.717, 1.165) is 13.2 Å². The number of morpholine rings is 1. The van der Waals surface area contributed by atoms with E-state index in [1.165, 1.54) is 43.2 Å². The first-order chi connectivity index (χ1) is 8.77. The molecule has 3 rings (SSSR count). The Morgan fingerprint density at radius 3 is 2.44 bits per heavy atom. The zero-order chi connectivity index (χ0) is 12.4. The van der Waals surface area contributed by atoms with Gasteiger partial charge in [0.15, 0.2) is 0 Å². The van der Waals surface area contributed by atoms with E-state index in [2.05, 4.69) is 36.5 Å². The molecule has 18 heavy (non-hydrogen) atoms. The van der Waals surface area contributed by atoms with Crippen molar-refractivity contribution < 1.29 is 4.74 Å². The van der Waals surface area contributed by atoms with E-state index in [9.17, 15) is 0 Å². The third kappa shape index (κ3) is 2.45. The van der Waals surface area contributed by atoms with Crippen LogP contribution in [0.15, 0.2) is 24.3 Å². The Bertz CT molecular complexity index is 382. The fourth-order valence-electron chi connectivity index (χ4n) is 3.22. The van der Waals surface area contributed by atoms with Gasteiger partial charge in [-0.1, -0.05) is 49.1 Å². The highest BCUT2D eigenvalue weighted by Gasteiger charge is 2.36. The van der Waals surface area contributed by atoms with Crippen molar-refractivity contribution in [1.29, 1.82) is 0 Å². The van der Waals surface area contributed by atoms with Gasteiger partial charge in [0, 0.05) is 12.1 Å². The van der Waals surface area contributed by atoms with Crippen molar-refractivity contribution >= 4 is 0 Å². The summed E-state index contributed by atoms with van der Waals surface area (Å²) in [5, 5.41) is 3.77. The maximum absolute atomic E-state index is 6.13. The number of benzene rings is 1. The van der Waals surface area contributed by atoms with Crippen LogP contribution in [0.25, 0.3) is 0 Å². The molecule has 1 saturated carbocycles. The molecule has 1 aromatic carbocycles. The maximum atomic E-state index is 6.13. The van der Waals surface area contributed by atoms with E-state index in [1.54, 1.807) is 0 Å². The van der Waals surface area contributed by atoms with Crippen molar-refractivity contribution in [1.82, 2.24) is 5.32 Å². The van der Waals surface area contributed by atoms with Crippen LogP contribution >= 0.6 is 0 Å². The molecular weight excluding hydrogens is 222 g/mol.